The maximum Gasteiger partial charge on any atom is 0.225 e. The molecule has 4 nitrogen and oxygen atoms in total. The van der Waals surface area contributed by atoms with Crippen molar-refractivity contribution >= 4 is 5.91 Å². The zero-order valence-corrected chi connectivity index (χ0v) is 9.48. The summed E-state index contributed by atoms with van der Waals surface area (Å²) in [5.74, 6) is 0.343. The number of hydrogen-bond donors (Lipinski definition) is 2. The van der Waals surface area contributed by atoms with Crippen LogP contribution in [0.25, 0.3) is 0 Å². The fourth-order valence-electron chi connectivity index (χ4n) is 2.14. The van der Waals surface area contributed by atoms with E-state index in [1.807, 2.05) is 0 Å². The van der Waals surface area contributed by atoms with Crippen LogP contribution in [0.1, 0.15) is 32.1 Å². The van der Waals surface area contributed by atoms with Crippen LogP contribution in [0, 0.1) is 5.92 Å². The van der Waals surface area contributed by atoms with Gasteiger partial charge in [-0.25, -0.2) is 0 Å². The Bertz CT molecular complexity index is 203. The Morgan fingerprint density at radius 2 is 2.07 bits per heavy atom. The SMILES string of the molecule is CN(CC(O)CN)C(=O)C1CCCCC1. The van der Waals surface area contributed by atoms with Gasteiger partial charge < -0.3 is 15.7 Å². The van der Waals surface area contributed by atoms with Crippen LogP contribution in [-0.4, -0.2) is 42.2 Å². The average Bonchev–Trinajstić information content (AvgIpc) is 2.29. The van der Waals surface area contributed by atoms with Crippen molar-refractivity contribution in [2.75, 3.05) is 20.1 Å². The molecular formula is C11H22N2O2. The number of aliphatic hydroxyl groups is 1. The second-order valence-corrected chi connectivity index (χ2v) is 4.44. The Balaban J connectivity index is 2.37. The minimum Gasteiger partial charge on any atom is -0.390 e. The van der Waals surface area contributed by atoms with Crippen molar-refractivity contribution in [2.45, 2.75) is 38.2 Å². The average molecular weight is 214 g/mol. The molecule has 0 aromatic heterocycles. The zero-order valence-electron chi connectivity index (χ0n) is 9.48. The largest absolute Gasteiger partial charge is 0.390 e. The minimum atomic E-state index is -0.595. The Morgan fingerprint density at radius 3 is 2.60 bits per heavy atom. The molecule has 0 spiro atoms. The number of hydrogen-bond acceptors (Lipinski definition) is 3. The summed E-state index contributed by atoms with van der Waals surface area (Å²) in [4.78, 5) is 13.5. The van der Waals surface area contributed by atoms with Crippen molar-refractivity contribution in [3.8, 4) is 0 Å². The van der Waals surface area contributed by atoms with Gasteiger partial charge in [-0.3, -0.25) is 4.79 Å². The molecule has 88 valence electrons. The molecule has 0 saturated heterocycles. The summed E-state index contributed by atoms with van der Waals surface area (Å²) in [6.45, 7) is 0.564. The number of amides is 1. The minimum absolute atomic E-state index is 0.169. The van der Waals surface area contributed by atoms with Gasteiger partial charge in [0.15, 0.2) is 0 Å². The first-order valence-corrected chi connectivity index (χ1v) is 5.78. The molecule has 1 fully saturated rings. The van der Waals surface area contributed by atoms with Gasteiger partial charge in [0.2, 0.25) is 5.91 Å². The fraction of sp³-hybridized carbons (Fsp3) is 0.909. The van der Waals surface area contributed by atoms with E-state index in [4.69, 9.17) is 5.73 Å². The fourth-order valence-corrected chi connectivity index (χ4v) is 2.14. The second kappa shape index (κ2) is 6.08. The molecule has 1 saturated carbocycles. The van der Waals surface area contributed by atoms with Gasteiger partial charge in [-0.2, -0.15) is 0 Å². The van der Waals surface area contributed by atoms with Crippen LogP contribution < -0.4 is 5.73 Å². The zero-order chi connectivity index (χ0) is 11.3. The lowest BCUT2D eigenvalue weighted by molar-refractivity contribution is -0.136. The van der Waals surface area contributed by atoms with Gasteiger partial charge in [0.25, 0.3) is 0 Å². The van der Waals surface area contributed by atoms with Crippen molar-refractivity contribution in [3.05, 3.63) is 0 Å². The van der Waals surface area contributed by atoms with Crippen LogP contribution in [-0.2, 0) is 4.79 Å². The Morgan fingerprint density at radius 1 is 1.47 bits per heavy atom. The summed E-state index contributed by atoms with van der Waals surface area (Å²) < 4.78 is 0. The van der Waals surface area contributed by atoms with Crippen LogP contribution >= 0.6 is 0 Å². The van der Waals surface area contributed by atoms with Crippen molar-refractivity contribution in [2.24, 2.45) is 11.7 Å². The first-order valence-electron chi connectivity index (χ1n) is 5.78. The molecule has 4 heteroatoms. The predicted octanol–water partition coefficient (Wildman–Crippen LogP) is 0.345. The van der Waals surface area contributed by atoms with E-state index in [-0.39, 0.29) is 18.4 Å². The van der Waals surface area contributed by atoms with Gasteiger partial charge in [0.1, 0.15) is 0 Å². The third kappa shape index (κ3) is 3.80. The van der Waals surface area contributed by atoms with E-state index in [9.17, 15) is 9.90 Å². The lowest BCUT2D eigenvalue weighted by atomic mass is 9.88. The molecule has 1 atom stereocenters. The molecule has 1 amide bonds. The quantitative estimate of drug-likeness (QED) is 0.709. The third-order valence-electron chi connectivity index (χ3n) is 3.09. The summed E-state index contributed by atoms with van der Waals surface area (Å²) in [5, 5.41) is 9.36. The molecule has 0 heterocycles. The maximum absolute atomic E-state index is 11.9. The molecule has 1 aliphatic carbocycles. The topological polar surface area (TPSA) is 66.6 Å². The summed E-state index contributed by atoms with van der Waals surface area (Å²) in [6, 6.07) is 0. The van der Waals surface area contributed by atoms with Gasteiger partial charge in [-0.1, -0.05) is 19.3 Å². The number of carbonyl (C=O) groups is 1. The van der Waals surface area contributed by atoms with E-state index in [1.165, 1.54) is 6.42 Å². The van der Waals surface area contributed by atoms with E-state index >= 15 is 0 Å². The highest BCUT2D eigenvalue weighted by atomic mass is 16.3. The molecule has 1 aliphatic rings. The van der Waals surface area contributed by atoms with Crippen molar-refractivity contribution in [3.63, 3.8) is 0 Å². The normalized spacial score (nSPS) is 19.9. The lowest BCUT2D eigenvalue weighted by Gasteiger charge is -2.27. The summed E-state index contributed by atoms with van der Waals surface area (Å²) >= 11 is 0. The van der Waals surface area contributed by atoms with Crippen LogP contribution in [0.4, 0.5) is 0 Å². The first kappa shape index (κ1) is 12.5. The van der Waals surface area contributed by atoms with Crippen LogP contribution in [0.2, 0.25) is 0 Å². The molecular weight excluding hydrogens is 192 g/mol. The van der Waals surface area contributed by atoms with Crippen molar-refractivity contribution < 1.29 is 9.90 Å². The number of nitrogens with zero attached hydrogens (tertiary/aromatic N) is 1. The molecule has 0 radical (unpaired) electrons. The smallest absolute Gasteiger partial charge is 0.225 e. The summed E-state index contributed by atoms with van der Waals surface area (Å²) in [5.41, 5.74) is 5.31. The van der Waals surface area contributed by atoms with Crippen LogP contribution in [0.5, 0.6) is 0 Å². The molecule has 3 N–H and O–H groups in total. The number of carbonyl (C=O) groups excluding carboxylic acids is 1. The molecule has 1 unspecified atom stereocenters. The van der Waals surface area contributed by atoms with Crippen molar-refractivity contribution in [1.82, 2.24) is 4.90 Å². The van der Waals surface area contributed by atoms with E-state index in [0.717, 1.165) is 25.7 Å². The van der Waals surface area contributed by atoms with Crippen LogP contribution in [0.15, 0.2) is 0 Å². The molecule has 0 aliphatic heterocycles. The van der Waals surface area contributed by atoms with E-state index in [2.05, 4.69) is 0 Å². The highest BCUT2D eigenvalue weighted by Crippen LogP contribution is 2.24. The van der Waals surface area contributed by atoms with Gasteiger partial charge in [0.05, 0.1) is 6.10 Å². The van der Waals surface area contributed by atoms with Gasteiger partial charge in [-0.05, 0) is 12.8 Å². The molecule has 0 aromatic rings. The Kier molecular flexibility index (Phi) is 5.05. The molecule has 1 rings (SSSR count). The van der Waals surface area contributed by atoms with E-state index in [1.54, 1.807) is 11.9 Å². The highest BCUT2D eigenvalue weighted by Gasteiger charge is 2.24. The van der Waals surface area contributed by atoms with Crippen LogP contribution in [0.3, 0.4) is 0 Å². The number of rotatable bonds is 4. The van der Waals surface area contributed by atoms with E-state index < -0.39 is 6.10 Å². The van der Waals surface area contributed by atoms with Gasteiger partial charge in [0, 0.05) is 26.1 Å². The Hall–Kier alpha value is -0.610. The lowest BCUT2D eigenvalue weighted by Crippen LogP contribution is -2.41. The highest BCUT2D eigenvalue weighted by molar-refractivity contribution is 5.78. The van der Waals surface area contributed by atoms with Gasteiger partial charge in [-0.15, -0.1) is 0 Å². The third-order valence-corrected chi connectivity index (χ3v) is 3.09. The van der Waals surface area contributed by atoms with E-state index in [0.29, 0.717) is 6.54 Å². The number of nitrogens with two attached hydrogens (primary N) is 1. The number of aliphatic hydroxyl groups excluding tert-OH is 1. The van der Waals surface area contributed by atoms with Gasteiger partial charge >= 0.3 is 0 Å². The standard InChI is InChI=1S/C11H22N2O2/c1-13(8-10(14)7-12)11(15)9-5-3-2-4-6-9/h9-10,14H,2-8,12H2,1H3. The van der Waals surface area contributed by atoms with Crippen molar-refractivity contribution in [1.29, 1.82) is 0 Å². The predicted molar refractivity (Wildman–Crippen MR) is 59.3 cm³/mol. The second-order valence-electron chi connectivity index (χ2n) is 4.44. The summed E-state index contributed by atoms with van der Waals surface area (Å²) in [6.07, 6.45) is 4.97. The monoisotopic (exact) mass is 214 g/mol. The molecule has 0 bridgehead atoms. The maximum atomic E-state index is 11.9. The first-order chi connectivity index (χ1) is 7.15. The molecule has 0 aromatic carbocycles. The number of likely N-dealkylation sites (N-methyl/N-ethyl adjacent to an activating group) is 1. The Labute approximate surface area is 91.4 Å². The molecule has 15 heavy (non-hydrogen) atoms. The summed E-state index contributed by atoms with van der Waals surface area (Å²) in [7, 11) is 1.75.